The van der Waals surface area contributed by atoms with Crippen LogP contribution in [0, 0.1) is 17.7 Å². The monoisotopic (exact) mass is 357 g/mol. The minimum Gasteiger partial charge on any atom is -0.346 e. The number of carbonyl (C=O) groups is 1. The van der Waals surface area contributed by atoms with E-state index in [1.165, 1.54) is 6.20 Å². The lowest BCUT2D eigenvalue weighted by Gasteiger charge is -2.08. The molecule has 3 aromatic heterocycles. The van der Waals surface area contributed by atoms with Gasteiger partial charge >= 0.3 is 0 Å². The van der Waals surface area contributed by atoms with Crippen LogP contribution in [-0.2, 0) is 0 Å². The molecule has 0 spiro atoms. The number of nitrogens with one attached hydrogen (secondary N) is 2. The van der Waals surface area contributed by atoms with Gasteiger partial charge in [-0.15, -0.1) is 0 Å². The quantitative estimate of drug-likeness (QED) is 0.706. The SMILES string of the molecule is C[C@@H](CC#Cc1cncc(F)c1Cl)NC(=O)c1nc2ncccc2[nH]1. The average Bonchev–Trinajstić information content (AvgIpc) is 3.03. The molecular formula is C17H13ClFN5O. The first kappa shape index (κ1) is 16.9. The average molecular weight is 358 g/mol. The number of fused-ring (bicyclic) bond motifs is 1. The lowest BCUT2D eigenvalue weighted by molar-refractivity contribution is 0.0931. The van der Waals surface area contributed by atoms with E-state index < -0.39 is 5.82 Å². The zero-order valence-corrected chi connectivity index (χ0v) is 13.9. The van der Waals surface area contributed by atoms with Gasteiger partial charge in [-0.25, -0.2) is 14.4 Å². The molecule has 0 aliphatic heterocycles. The van der Waals surface area contributed by atoms with E-state index in [0.717, 1.165) is 6.20 Å². The molecule has 0 aromatic carbocycles. The van der Waals surface area contributed by atoms with Crippen LogP contribution in [0.3, 0.4) is 0 Å². The van der Waals surface area contributed by atoms with Gasteiger partial charge in [0.05, 0.1) is 22.3 Å². The van der Waals surface area contributed by atoms with E-state index in [0.29, 0.717) is 23.1 Å². The van der Waals surface area contributed by atoms with Crippen molar-refractivity contribution in [2.45, 2.75) is 19.4 Å². The van der Waals surface area contributed by atoms with Gasteiger partial charge in [-0.1, -0.05) is 23.4 Å². The largest absolute Gasteiger partial charge is 0.346 e. The number of H-pyrrole nitrogens is 1. The number of hydrogen-bond acceptors (Lipinski definition) is 4. The number of carbonyl (C=O) groups excluding carboxylic acids is 1. The maximum absolute atomic E-state index is 13.3. The number of aromatic amines is 1. The van der Waals surface area contributed by atoms with Crippen molar-refractivity contribution in [1.82, 2.24) is 25.3 Å². The van der Waals surface area contributed by atoms with Crippen LogP contribution in [0.15, 0.2) is 30.7 Å². The van der Waals surface area contributed by atoms with Crippen molar-refractivity contribution in [3.63, 3.8) is 0 Å². The Balaban J connectivity index is 1.62. The molecule has 0 aliphatic rings. The Kier molecular flexibility index (Phi) is 4.91. The van der Waals surface area contributed by atoms with Crippen LogP contribution < -0.4 is 5.32 Å². The molecule has 25 heavy (non-hydrogen) atoms. The summed E-state index contributed by atoms with van der Waals surface area (Å²) in [6.07, 6.45) is 4.38. The Morgan fingerprint density at radius 3 is 3.12 bits per heavy atom. The van der Waals surface area contributed by atoms with Gasteiger partial charge < -0.3 is 10.3 Å². The smallest absolute Gasteiger partial charge is 0.287 e. The van der Waals surface area contributed by atoms with Crippen LogP contribution in [-0.4, -0.2) is 31.9 Å². The van der Waals surface area contributed by atoms with Crippen molar-refractivity contribution in [3.8, 4) is 11.8 Å². The molecule has 126 valence electrons. The zero-order valence-electron chi connectivity index (χ0n) is 13.2. The maximum Gasteiger partial charge on any atom is 0.287 e. The number of pyridine rings is 2. The van der Waals surface area contributed by atoms with Gasteiger partial charge in [-0.05, 0) is 19.1 Å². The second-order valence-electron chi connectivity index (χ2n) is 5.32. The van der Waals surface area contributed by atoms with Crippen LogP contribution in [0.4, 0.5) is 4.39 Å². The van der Waals surface area contributed by atoms with E-state index in [1.807, 2.05) is 0 Å². The van der Waals surface area contributed by atoms with E-state index in [9.17, 15) is 9.18 Å². The number of amides is 1. The number of rotatable bonds is 3. The highest BCUT2D eigenvalue weighted by Gasteiger charge is 2.14. The highest BCUT2D eigenvalue weighted by atomic mass is 35.5. The Morgan fingerprint density at radius 2 is 2.32 bits per heavy atom. The summed E-state index contributed by atoms with van der Waals surface area (Å²) in [6.45, 7) is 1.80. The predicted octanol–water partition coefficient (Wildman–Crippen LogP) is 2.71. The molecule has 1 amide bonds. The standard InChI is InChI=1S/C17H13ClFN5O/c1-10(4-2-5-11-8-20-9-12(19)14(11)18)22-17(25)16-23-13-6-3-7-21-15(13)24-16/h3,6-10H,4H2,1H3,(H,22,25)(H,21,23,24)/t10-/m0/s1. The van der Waals surface area contributed by atoms with Crippen LogP contribution >= 0.6 is 11.6 Å². The van der Waals surface area contributed by atoms with Gasteiger partial charge in [0, 0.05) is 24.9 Å². The number of aromatic nitrogens is 4. The molecule has 6 nitrogen and oxygen atoms in total. The van der Waals surface area contributed by atoms with Crippen molar-refractivity contribution in [1.29, 1.82) is 0 Å². The van der Waals surface area contributed by atoms with Crippen molar-refractivity contribution in [3.05, 3.63) is 53.0 Å². The molecule has 8 heteroatoms. The Hall–Kier alpha value is -2.98. The molecule has 0 bridgehead atoms. The van der Waals surface area contributed by atoms with Crippen molar-refractivity contribution < 1.29 is 9.18 Å². The first-order chi connectivity index (χ1) is 12.0. The molecule has 3 aromatic rings. The molecule has 0 fully saturated rings. The number of imidazole rings is 1. The normalized spacial score (nSPS) is 11.6. The van der Waals surface area contributed by atoms with Crippen LogP contribution in [0.2, 0.25) is 5.02 Å². The fourth-order valence-electron chi connectivity index (χ4n) is 2.10. The molecular weight excluding hydrogens is 345 g/mol. The predicted molar refractivity (Wildman–Crippen MR) is 91.5 cm³/mol. The van der Waals surface area contributed by atoms with Gasteiger partial charge in [0.1, 0.15) is 0 Å². The molecule has 0 saturated heterocycles. The molecule has 3 rings (SSSR count). The summed E-state index contributed by atoms with van der Waals surface area (Å²) in [5.74, 6) is 4.82. The van der Waals surface area contributed by atoms with Gasteiger partial charge in [0.15, 0.2) is 17.3 Å². The third-order valence-electron chi connectivity index (χ3n) is 3.32. The van der Waals surface area contributed by atoms with Gasteiger partial charge in [-0.3, -0.25) is 9.78 Å². The van der Waals surface area contributed by atoms with Crippen LogP contribution in [0.25, 0.3) is 11.2 Å². The summed E-state index contributed by atoms with van der Waals surface area (Å²) < 4.78 is 13.3. The molecule has 0 saturated carbocycles. The van der Waals surface area contributed by atoms with Crippen LogP contribution in [0.1, 0.15) is 29.5 Å². The second kappa shape index (κ2) is 7.28. The van der Waals surface area contributed by atoms with Gasteiger partial charge in [-0.2, -0.15) is 0 Å². The summed E-state index contributed by atoms with van der Waals surface area (Å²) in [5, 5.41) is 2.72. The summed E-state index contributed by atoms with van der Waals surface area (Å²) in [7, 11) is 0. The molecule has 3 heterocycles. The highest BCUT2D eigenvalue weighted by Crippen LogP contribution is 2.17. The van der Waals surface area contributed by atoms with Crippen molar-refractivity contribution in [2.75, 3.05) is 0 Å². The third kappa shape index (κ3) is 3.92. The summed E-state index contributed by atoms with van der Waals surface area (Å²) in [4.78, 5) is 27.0. The van der Waals surface area contributed by atoms with Crippen LogP contribution in [0.5, 0.6) is 0 Å². The summed E-state index contributed by atoms with van der Waals surface area (Å²) >= 11 is 5.81. The Labute approximate surface area is 147 Å². The molecule has 0 radical (unpaired) electrons. The number of halogens is 2. The first-order valence-electron chi connectivity index (χ1n) is 7.44. The highest BCUT2D eigenvalue weighted by molar-refractivity contribution is 6.31. The summed E-state index contributed by atoms with van der Waals surface area (Å²) in [5.41, 5.74) is 1.48. The van der Waals surface area contributed by atoms with Gasteiger partial charge in [0.2, 0.25) is 0 Å². The molecule has 0 aliphatic carbocycles. The number of nitrogens with zero attached hydrogens (tertiary/aromatic N) is 3. The van der Waals surface area contributed by atoms with E-state index in [4.69, 9.17) is 11.6 Å². The molecule has 0 unspecified atom stereocenters. The lowest BCUT2D eigenvalue weighted by Crippen LogP contribution is -2.32. The maximum atomic E-state index is 13.3. The lowest BCUT2D eigenvalue weighted by atomic mass is 10.2. The van der Waals surface area contributed by atoms with E-state index in [2.05, 4.69) is 37.1 Å². The molecule has 2 N–H and O–H groups in total. The van der Waals surface area contributed by atoms with E-state index >= 15 is 0 Å². The number of hydrogen-bond donors (Lipinski definition) is 2. The second-order valence-corrected chi connectivity index (χ2v) is 5.70. The van der Waals surface area contributed by atoms with E-state index in [1.54, 1.807) is 25.3 Å². The summed E-state index contributed by atoms with van der Waals surface area (Å²) in [6, 6.07) is 3.31. The topological polar surface area (TPSA) is 83.6 Å². The minimum atomic E-state index is -0.617. The van der Waals surface area contributed by atoms with Crippen molar-refractivity contribution >= 4 is 28.7 Å². The molecule has 1 atom stereocenters. The Bertz CT molecular complexity index is 958. The fourth-order valence-corrected chi connectivity index (χ4v) is 2.25. The Morgan fingerprint density at radius 1 is 1.48 bits per heavy atom. The van der Waals surface area contributed by atoms with E-state index in [-0.39, 0.29) is 22.8 Å². The fraction of sp³-hybridized carbons (Fsp3) is 0.176. The van der Waals surface area contributed by atoms with Crippen molar-refractivity contribution in [2.24, 2.45) is 0 Å². The first-order valence-corrected chi connectivity index (χ1v) is 7.82. The zero-order chi connectivity index (χ0) is 17.8. The minimum absolute atomic E-state index is 0.0611. The van der Waals surface area contributed by atoms with Gasteiger partial charge in [0.25, 0.3) is 5.91 Å². The third-order valence-corrected chi connectivity index (χ3v) is 3.70.